The molecule has 2 aromatic heterocycles. The molecule has 0 saturated heterocycles. The number of aromatic nitrogens is 1. The minimum atomic E-state index is -3.41. The Bertz CT molecular complexity index is 643. The number of hydrogen-bond acceptors (Lipinski definition) is 5. The van der Waals surface area contributed by atoms with Crippen LogP contribution in [0.1, 0.15) is 23.3 Å². The highest BCUT2D eigenvalue weighted by Crippen LogP contribution is 2.21. The third-order valence-electron chi connectivity index (χ3n) is 2.59. The van der Waals surface area contributed by atoms with Gasteiger partial charge in [0.2, 0.25) is 10.0 Å². The van der Waals surface area contributed by atoms with Gasteiger partial charge in [0.25, 0.3) is 0 Å². The van der Waals surface area contributed by atoms with Crippen LogP contribution < -0.4 is 4.72 Å². The van der Waals surface area contributed by atoms with Crippen molar-refractivity contribution in [1.29, 1.82) is 0 Å². The van der Waals surface area contributed by atoms with E-state index in [4.69, 9.17) is 4.52 Å². The van der Waals surface area contributed by atoms with Crippen molar-refractivity contribution in [2.24, 2.45) is 0 Å². The maximum absolute atomic E-state index is 12.0. The Hall–Kier alpha value is -1.18. The highest BCUT2D eigenvalue weighted by Gasteiger charge is 2.16. The van der Waals surface area contributed by atoms with E-state index in [0.29, 0.717) is 22.9 Å². The summed E-state index contributed by atoms with van der Waals surface area (Å²) in [6.45, 7) is 4.13. The molecule has 0 amide bonds. The van der Waals surface area contributed by atoms with E-state index in [1.807, 2.05) is 19.9 Å². The number of nitrogens with one attached hydrogen (secondary N) is 1. The highest BCUT2D eigenvalue weighted by atomic mass is 32.2. The minimum Gasteiger partial charge on any atom is -0.361 e. The molecule has 2 heterocycles. The van der Waals surface area contributed by atoms with E-state index in [1.54, 1.807) is 12.1 Å². The molecule has 0 spiro atoms. The van der Waals surface area contributed by atoms with Crippen molar-refractivity contribution in [2.75, 3.05) is 6.54 Å². The average Bonchev–Trinajstić information content (AvgIpc) is 2.98. The van der Waals surface area contributed by atoms with Crippen molar-refractivity contribution >= 4 is 21.4 Å². The van der Waals surface area contributed by atoms with E-state index >= 15 is 0 Å². The van der Waals surface area contributed by atoms with Gasteiger partial charge in [-0.1, -0.05) is 12.1 Å². The second-order valence-corrected chi connectivity index (χ2v) is 7.32. The largest absolute Gasteiger partial charge is 0.361 e. The monoisotopic (exact) mass is 300 g/mol. The Kier molecular flexibility index (Phi) is 4.38. The Balaban J connectivity index is 1.94. The Morgan fingerprint density at radius 3 is 2.79 bits per heavy atom. The number of rotatable bonds is 6. The molecule has 0 aliphatic heterocycles. The molecule has 0 unspecified atom stereocenters. The van der Waals surface area contributed by atoms with Crippen molar-refractivity contribution in [1.82, 2.24) is 9.88 Å². The summed E-state index contributed by atoms with van der Waals surface area (Å²) in [5.74, 6) is 0.681. The maximum atomic E-state index is 12.0. The molecule has 7 heteroatoms. The fraction of sp³-hybridized carbons (Fsp3) is 0.417. The van der Waals surface area contributed by atoms with Crippen LogP contribution in [0, 0.1) is 6.92 Å². The van der Waals surface area contributed by atoms with Crippen molar-refractivity contribution in [2.45, 2.75) is 30.9 Å². The number of hydrogen-bond donors (Lipinski definition) is 1. The van der Waals surface area contributed by atoms with Gasteiger partial charge in [0.05, 0.1) is 5.69 Å². The van der Waals surface area contributed by atoms with Gasteiger partial charge in [-0.2, -0.15) is 0 Å². The van der Waals surface area contributed by atoms with Crippen LogP contribution in [0.15, 0.2) is 26.9 Å². The lowest BCUT2D eigenvalue weighted by Crippen LogP contribution is -2.25. The lowest BCUT2D eigenvalue weighted by Gasteiger charge is -2.02. The van der Waals surface area contributed by atoms with Gasteiger partial charge in [0, 0.05) is 23.9 Å². The topological polar surface area (TPSA) is 72.2 Å². The zero-order chi connectivity index (χ0) is 13.9. The third kappa shape index (κ3) is 3.65. The number of nitrogens with zero attached hydrogens (tertiary/aromatic N) is 1. The standard InChI is InChI=1S/C12H16N2O3S2/c1-3-11-4-5-12(18-11)19(15,16)13-7-6-10-8-9(2)14-17-10/h4-5,8,13H,3,6-7H2,1-2H3. The molecule has 2 rings (SSSR count). The van der Waals surface area contributed by atoms with Gasteiger partial charge in [-0.15, -0.1) is 11.3 Å². The first kappa shape index (κ1) is 14.2. The molecule has 0 aliphatic carbocycles. The minimum absolute atomic E-state index is 0.302. The smallest absolute Gasteiger partial charge is 0.250 e. The fourth-order valence-corrected chi connectivity index (χ4v) is 3.98. The quantitative estimate of drug-likeness (QED) is 0.887. The van der Waals surface area contributed by atoms with Gasteiger partial charge >= 0.3 is 0 Å². The average molecular weight is 300 g/mol. The summed E-state index contributed by atoms with van der Waals surface area (Å²) in [5, 5.41) is 3.75. The van der Waals surface area contributed by atoms with E-state index < -0.39 is 10.0 Å². The van der Waals surface area contributed by atoms with Crippen molar-refractivity contribution in [3.63, 3.8) is 0 Å². The molecule has 104 valence electrons. The second-order valence-electron chi connectivity index (χ2n) is 4.16. The summed E-state index contributed by atoms with van der Waals surface area (Å²) < 4.78 is 32.0. The van der Waals surface area contributed by atoms with Crippen LogP contribution in [-0.4, -0.2) is 20.1 Å². The van der Waals surface area contributed by atoms with Crippen LogP contribution in [0.4, 0.5) is 0 Å². The Labute approximate surface area is 116 Å². The molecule has 1 N–H and O–H groups in total. The van der Waals surface area contributed by atoms with E-state index in [-0.39, 0.29) is 0 Å². The van der Waals surface area contributed by atoms with Crippen LogP contribution >= 0.6 is 11.3 Å². The van der Waals surface area contributed by atoms with Gasteiger partial charge in [-0.3, -0.25) is 0 Å². The van der Waals surface area contributed by atoms with E-state index in [2.05, 4.69) is 9.88 Å². The highest BCUT2D eigenvalue weighted by molar-refractivity contribution is 7.91. The number of thiophene rings is 1. The first-order valence-corrected chi connectivity index (χ1v) is 8.32. The summed E-state index contributed by atoms with van der Waals surface area (Å²) in [5.41, 5.74) is 0.795. The van der Waals surface area contributed by atoms with Gasteiger partial charge in [0.15, 0.2) is 0 Å². The first-order valence-electron chi connectivity index (χ1n) is 6.02. The Morgan fingerprint density at radius 1 is 1.42 bits per heavy atom. The normalized spacial score (nSPS) is 11.9. The number of aryl methyl sites for hydroxylation is 2. The molecule has 0 radical (unpaired) electrons. The van der Waals surface area contributed by atoms with Crippen LogP contribution in [0.5, 0.6) is 0 Å². The lowest BCUT2D eigenvalue weighted by atomic mass is 10.3. The SMILES string of the molecule is CCc1ccc(S(=O)(=O)NCCc2cc(C)no2)s1. The summed E-state index contributed by atoms with van der Waals surface area (Å²) in [6.07, 6.45) is 1.34. The van der Waals surface area contributed by atoms with E-state index in [9.17, 15) is 8.42 Å². The second kappa shape index (κ2) is 5.85. The van der Waals surface area contributed by atoms with Gasteiger partial charge < -0.3 is 4.52 Å². The van der Waals surface area contributed by atoms with Gasteiger partial charge in [-0.05, 0) is 25.5 Å². The fourth-order valence-electron chi connectivity index (χ4n) is 1.61. The Morgan fingerprint density at radius 2 is 2.21 bits per heavy atom. The van der Waals surface area contributed by atoms with Crippen molar-refractivity contribution in [3.8, 4) is 0 Å². The number of sulfonamides is 1. The zero-order valence-electron chi connectivity index (χ0n) is 10.8. The molecular formula is C12H16N2O3S2. The predicted octanol–water partition coefficient (Wildman–Crippen LogP) is 2.13. The van der Waals surface area contributed by atoms with Crippen LogP contribution in [0.2, 0.25) is 0 Å². The molecule has 0 aliphatic rings. The third-order valence-corrected chi connectivity index (χ3v) is 5.77. The summed E-state index contributed by atoms with van der Waals surface area (Å²) in [6, 6.07) is 5.29. The van der Waals surface area contributed by atoms with E-state index in [1.165, 1.54) is 11.3 Å². The van der Waals surface area contributed by atoms with Gasteiger partial charge in [0.1, 0.15) is 9.97 Å². The van der Waals surface area contributed by atoms with Crippen molar-refractivity contribution in [3.05, 3.63) is 34.5 Å². The molecule has 19 heavy (non-hydrogen) atoms. The summed E-state index contributed by atoms with van der Waals surface area (Å²) in [7, 11) is -3.41. The predicted molar refractivity (Wildman–Crippen MR) is 73.8 cm³/mol. The maximum Gasteiger partial charge on any atom is 0.250 e. The van der Waals surface area contributed by atoms with Crippen LogP contribution in [-0.2, 0) is 22.9 Å². The molecule has 5 nitrogen and oxygen atoms in total. The molecular weight excluding hydrogens is 284 g/mol. The first-order chi connectivity index (χ1) is 9.01. The molecule has 2 aromatic rings. The zero-order valence-corrected chi connectivity index (χ0v) is 12.5. The molecule has 0 atom stereocenters. The van der Waals surface area contributed by atoms with Crippen LogP contribution in [0.3, 0.4) is 0 Å². The summed E-state index contributed by atoms with van der Waals surface area (Å²) in [4.78, 5) is 1.06. The van der Waals surface area contributed by atoms with E-state index in [0.717, 1.165) is 17.0 Å². The molecule has 0 aromatic carbocycles. The van der Waals surface area contributed by atoms with Crippen LogP contribution in [0.25, 0.3) is 0 Å². The summed E-state index contributed by atoms with van der Waals surface area (Å²) >= 11 is 1.30. The molecule has 0 saturated carbocycles. The lowest BCUT2D eigenvalue weighted by molar-refractivity contribution is 0.379. The molecule has 0 fully saturated rings. The molecule has 0 bridgehead atoms. The van der Waals surface area contributed by atoms with Crippen molar-refractivity contribution < 1.29 is 12.9 Å². The van der Waals surface area contributed by atoms with Gasteiger partial charge in [-0.25, -0.2) is 13.1 Å².